The number of rotatable bonds is 2. The zero-order chi connectivity index (χ0) is 16.1. The summed E-state index contributed by atoms with van der Waals surface area (Å²) in [5.41, 5.74) is 5.51. The van der Waals surface area contributed by atoms with E-state index in [4.69, 9.17) is 0 Å². The van der Waals surface area contributed by atoms with E-state index in [1.54, 1.807) is 0 Å². The minimum Gasteiger partial charge on any atom is -1.00 e. The standard InChI is InChI=1S/C21H24O.2ClH.Ti/c1-13-12-14(2)19(15(13)3)18-11-10-16-8-6-7-9-17(16)20(18)21(4,5)22;;;/h6-12,19,22H,1-5H3;2*1H;/q;;;+2/p-2. The molecule has 2 aromatic rings. The fraction of sp³-hybridized carbons (Fsp3) is 0.333. The molecule has 1 unspecified atom stereocenters. The van der Waals surface area contributed by atoms with Crippen LogP contribution in [-0.2, 0) is 27.3 Å². The first-order valence-electron chi connectivity index (χ1n) is 7.91. The quantitative estimate of drug-likeness (QED) is 0.659. The minimum atomic E-state index is -0.868. The van der Waals surface area contributed by atoms with Crippen LogP contribution in [0.5, 0.6) is 0 Å². The van der Waals surface area contributed by atoms with Crippen LogP contribution < -0.4 is 24.8 Å². The number of halogens is 2. The van der Waals surface area contributed by atoms with Gasteiger partial charge in [0.05, 0.1) is 5.60 Å². The van der Waals surface area contributed by atoms with Gasteiger partial charge in [0.25, 0.3) is 0 Å². The van der Waals surface area contributed by atoms with Crippen LogP contribution in [0, 0.1) is 0 Å². The molecule has 25 heavy (non-hydrogen) atoms. The minimum absolute atomic E-state index is 0. The van der Waals surface area contributed by atoms with Crippen molar-refractivity contribution >= 4 is 10.8 Å². The monoisotopic (exact) mass is 410 g/mol. The van der Waals surface area contributed by atoms with Crippen molar-refractivity contribution in [3.63, 3.8) is 0 Å². The summed E-state index contributed by atoms with van der Waals surface area (Å²) >= 11 is 0. The molecule has 0 saturated carbocycles. The van der Waals surface area contributed by atoms with Crippen molar-refractivity contribution in [2.75, 3.05) is 0 Å². The second-order valence-corrected chi connectivity index (χ2v) is 7.00. The van der Waals surface area contributed by atoms with Gasteiger partial charge in [0, 0.05) is 5.92 Å². The van der Waals surface area contributed by atoms with E-state index in [0.29, 0.717) is 0 Å². The molecule has 0 amide bonds. The number of hydrogen-bond donors (Lipinski definition) is 1. The molecule has 1 aliphatic rings. The molecule has 1 atom stereocenters. The van der Waals surface area contributed by atoms with Gasteiger partial charge in [0.1, 0.15) is 0 Å². The second-order valence-electron chi connectivity index (χ2n) is 7.00. The normalized spacial score (nSPS) is 16.7. The maximum absolute atomic E-state index is 10.8. The molecule has 4 heteroatoms. The zero-order valence-corrected chi connectivity index (χ0v) is 18.4. The van der Waals surface area contributed by atoms with Gasteiger partial charge in [0.2, 0.25) is 0 Å². The summed E-state index contributed by atoms with van der Waals surface area (Å²) in [6.07, 6.45) is 2.27. The summed E-state index contributed by atoms with van der Waals surface area (Å²) < 4.78 is 0. The Morgan fingerprint density at radius 1 is 0.920 bits per heavy atom. The number of hydrogen-bond acceptors (Lipinski definition) is 1. The number of allylic oxidation sites excluding steroid dienone is 4. The topological polar surface area (TPSA) is 20.2 Å². The van der Waals surface area contributed by atoms with Crippen LogP contribution in [0.25, 0.3) is 10.8 Å². The predicted octanol–water partition coefficient (Wildman–Crippen LogP) is -0.547. The van der Waals surface area contributed by atoms with Crippen LogP contribution in [-0.4, -0.2) is 5.11 Å². The van der Waals surface area contributed by atoms with E-state index < -0.39 is 5.60 Å². The number of aliphatic hydroxyl groups is 1. The van der Waals surface area contributed by atoms with E-state index in [1.165, 1.54) is 27.7 Å². The van der Waals surface area contributed by atoms with Crippen molar-refractivity contribution in [2.45, 2.75) is 46.1 Å². The smallest absolute Gasteiger partial charge is 1.00 e. The molecule has 0 radical (unpaired) electrons. The van der Waals surface area contributed by atoms with Gasteiger partial charge < -0.3 is 29.9 Å². The maximum Gasteiger partial charge on any atom is 2.00 e. The summed E-state index contributed by atoms with van der Waals surface area (Å²) in [6, 6.07) is 12.7. The molecule has 0 saturated heterocycles. The Morgan fingerprint density at radius 3 is 2.04 bits per heavy atom. The molecule has 1 N–H and O–H groups in total. The van der Waals surface area contributed by atoms with Crippen molar-refractivity contribution in [2.24, 2.45) is 0 Å². The van der Waals surface area contributed by atoms with Crippen LogP contribution in [0.15, 0.2) is 59.2 Å². The third-order valence-corrected chi connectivity index (χ3v) is 4.84. The zero-order valence-electron chi connectivity index (χ0n) is 15.3. The first kappa shape index (κ1) is 24.4. The van der Waals surface area contributed by atoms with Crippen LogP contribution in [0.1, 0.15) is 51.7 Å². The van der Waals surface area contributed by atoms with E-state index in [1.807, 2.05) is 26.0 Å². The first-order chi connectivity index (χ1) is 10.3. The van der Waals surface area contributed by atoms with Crippen LogP contribution in [0.3, 0.4) is 0 Å². The average molecular weight is 411 g/mol. The molecule has 3 rings (SSSR count). The summed E-state index contributed by atoms with van der Waals surface area (Å²) in [6.45, 7) is 10.3. The molecule has 1 nitrogen and oxygen atoms in total. The van der Waals surface area contributed by atoms with E-state index in [9.17, 15) is 5.11 Å². The molecule has 0 aliphatic heterocycles. The molecule has 0 heterocycles. The largest absolute Gasteiger partial charge is 2.00 e. The molecule has 132 valence electrons. The van der Waals surface area contributed by atoms with Gasteiger partial charge in [-0.15, -0.1) is 0 Å². The van der Waals surface area contributed by atoms with Crippen LogP contribution in [0.2, 0.25) is 0 Å². The van der Waals surface area contributed by atoms with Crippen molar-refractivity contribution in [3.8, 4) is 0 Å². The Bertz CT molecular complexity index is 816. The Morgan fingerprint density at radius 2 is 1.52 bits per heavy atom. The average Bonchev–Trinajstić information content (AvgIpc) is 2.70. The van der Waals surface area contributed by atoms with E-state index >= 15 is 0 Å². The van der Waals surface area contributed by atoms with Crippen molar-refractivity contribution in [3.05, 3.63) is 70.3 Å². The van der Waals surface area contributed by atoms with E-state index in [2.05, 4.69) is 51.1 Å². The van der Waals surface area contributed by atoms with Gasteiger partial charge in [0.15, 0.2) is 0 Å². The van der Waals surface area contributed by atoms with Gasteiger partial charge in [-0.1, -0.05) is 59.2 Å². The second kappa shape index (κ2) is 8.88. The Hall–Kier alpha value is -0.566. The Balaban J connectivity index is 0.00000192. The molecular formula is C21H24Cl2OTi. The summed E-state index contributed by atoms with van der Waals surface area (Å²) in [5, 5.41) is 13.2. The fourth-order valence-corrected chi connectivity index (χ4v) is 3.80. The molecule has 1 aliphatic carbocycles. The van der Waals surface area contributed by atoms with Gasteiger partial charge in [-0.25, -0.2) is 0 Å². The third kappa shape index (κ3) is 4.41. The van der Waals surface area contributed by atoms with Gasteiger partial charge >= 0.3 is 21.7 Å². The summed E-state index contributed by atoms with van der Waals surface area (Å²) in [5.74, 6) is 0.283. The van der Waals surface area contributed by atoms with Gasteiger partial charge in [-0.3, -0.25) is 0 Å². The SMILES string of the molecule is CC1=CC(C)=C(C)C1c1ccc2ccccc2c1C(C)(C)O.[Cl-].[Cl-].[Ti+2]. The van der Waals surface area contributed by atoms with Gasteiger partial charge in [-0.05, 0) is 56.5 Å². The molecule has 0 fully saturated rings. The van der Waals surface area contributed by atoms with Gasteiger partial charge in [-0.2, -0.15) is 0 Å². The molecule has 0 aromatic heterocycles. The van der Waals surface area contributed by atoms with Crippen molar-refractivity contribution in [1.29, 1.82) is 0 Å². The van der Waals surface area contributed by atoms with E-state index in [0.717, 1.165) is 10.9 Å². The van der Waals surface area contributed by atoms with Crippen molar-refractivity contribution < 1.29 is 51.6 Å². The van der Waals surface area contributed by atoms with Crippen LogP contribution >= 0.6 is 0 Å². The number of benzene rings is 2. The molecule has 0 spiro atoms. The number of fused-ring (bicyclic) bond motifs is 1. The summed E-state index contributed by atoms with van der Waals surface area (Å²) in [7, 11) is 0. The Labute approximate surface area is 178 Å². The summed E-state index contributed by atoms with van der Waals surface area (Å²) in [4.78, 5) is 0. The molecule has 2 aromatic carbocycles. The van der Waals surface area contributed by atoms with Crippen molar-refractivity contribution in [1.82, 2.24) is 0 Å². The maximum atomic E-state index is 10.8. The molecular weight excluding hydrogens is 387 g/mol. The first-order valence-corrected chi connectivity index (χ1v) is 7.91. The van der Waals surface area contributed by atoms with E-state index in [-0.39, 0.29) is 52.4 Å². The third-order valence-electron chi connectivity index (χ3n) is 4.84. The Kier molecular flexibility index (Phi) is 8.68. The fourth-order valence-electron chi connectivity index (χ4n) is 3.80. The predicted molar refractivity (Wildman–Crippen MR) is 94.1 cm³/mol. The molecule has 0 bridgehead atoms. The van der Waals surface area contributed by atoms with Crippen LogP contribution in [0.4, 0.5) is 0 Å².